The van der Waals surface area contributed by atoms with E-state index in [-0.39, 0.29) is 17.1 Å². The summed E-state index contributed by atoms with van der Waals surface area (Å²) in [4.78, 5) is 37.9. The molecule has 8 heteroatoms. The number of rotatable bonds is 3. The second-order valence-corrected chi connectivity index (χ2v) is 6.19. The van der Waals surface area contributed by atoms with Gasteiger partial charge in [-0.3, -0.25) is 14.9 Å². The minimum Gasteiger partial charge on any atom is -0.504 e. The molecule has 7 nitrogen and oxygen atoms in total. The quantitative estimate of drug-likeness (QED) is 0.592. The monoisotopic (exact) mass is 416 g/mol. The Kier molecular flexibility index (Phi) is 4.77. The van der Waals surface area contributed by atoms with Crippen molar-refractivity contribution in [2.45, 2.75) is 0 Å². The summed E-state index contributed by atoms with van der Waals surface area (Å²) in [6.07, 6.45) is 1.33. The Hall–Kier alpha value is -3.13. The number of ether oxygens (including phenoxy) is 1. The largest absolute Gasteiger partial charge is 0.504 e. The van der Waals surface area contributed by atoms with Crippen molar-refractivity contribution in [3.05, 3.63) is 58.1 Å². The molecule has 26 heavy (non-hydrogen) atoms. The lowest BCUT2D eigenvalue weighted by Gasteiger charge is -2.26. The van der Waals surface area contributed by atoms with Gasteiger partial charge in [-0.05, 0) is 35.9 Å². The molecule has 1 aliphatic heterocycles. The van der Waals surface area contributed by atoms with Crippen LogP contribution in [0.3, 0.4) is 0 Å². The number of hydrogen-bond acceptors (Lipinski definition) is 5. The molecule has 0 saturated carbocycles. The highest BCUT2D eigenvalue weighted by molar-refractivity contribution is 9.10. The van der Waals surface area contributed by atoms with E-state index in [1.54, 1.807) is 30.3 Å². The SMILES string of the molecule is COc1cc(C=C2C(=O)NC(=O)N(c3ccccc3)C2=O)c(Br)cc1O. The van der Waals surface area contributed by atoms with E-state index < -0.39 is 17.8 Å². The maximum absolute atomic E-state index is 12.8. The Morgan fingerprint density at radius 2 is 1.85 bits per heavy atom. The summed E-state index contributed by atoms with van der Waals surface area (Å²) in [5.41, 5.74) is 0.554. The van der Waals surface area contributed by atoms with Crippen molar-refractivity contribution < 1.29 is 24.2 Å². The molecule has 132 valence electrons. The van der Waals surface area contributed by atoms with E-state index in [0.29, 0.717) is 15.7 Å². The number of nitrogens with zero attached hydrogens (tertiary/aromatic N) is 1. The number of nitrogens with one attached hydrogen (secondary N) is 1. The molecule has 0 atom stereocenters. The molecule has 0 bridgehead atoms. The summed E-state index contributed by atoms with van der Waals surface area (Å²) in [5.74, 6) is -1.46. The van der Waals surface area contributed by atoms with Gasteiger partial charge in [0.2, 0.25) is 0 Å². The minimum absolute atomic E-state index is 0.0953. The first kappa shape index (κ1) is 17.7. The van der Waals surface area contributed by atoms with Crippen LogP contribution in [-0.2, 0) is 9.59 Å². The number of amides is 4. The summed E-state index contributed by atoms with van der Waals surface area (Å²) < 4.78 is 5.49. The number of aromatic hydroxyl groups is 1. The maximum Gasteiger partial charge on any atom is 0.335 e. The first-order valence-corrected chi connectivity index (χ1v) is 8.24. The van der Waals surface area contributed by atoms with Crippen LogP contribution in [0.5, 0.6) is 11.5 Å². The number of halogens is 1. The van der Waals surface area contributed by atoms with Crippen molar-refractivity contribution >= 4 is 45.5 Å². The van der Waals surface area contributed by atoms with Gasteiger partial charge in [0.25, 0.3) is 11.8 Å². The van der Waals surface area contributed by atoms with E-state index in [1.807, 2.05) is 0 Å². The Bertz CT molecular complexity index is 940. The zero-order valence-corrected chi connectivity index (χ0v) is 15.1. The number of anilines is 1. The zero-order valence-electron chi connectivity index (χ0n) is 13.5. The summed E-state index contributed by atoms with van der Waals surface area (Å²) in [6.45, 7) is 0. The first-order valence-electron chi connectivity index (χ1n) is 7.45. The van der Waals surface area contributed by atoms with E-state index in [4.69, 9.17) is 4.74 Å². The van der Waals surface area contributed by atoms with Gasteiger partial charge in [0.15, 0.2) is 11.5 Å². The molecule has 0 aliphatic carbocycles. The molecule has 2 N–H and O–H groups in total. The van der Waals surface area contributed by atoms with Gasteiger partial charge >= 0.3 is 6.03 Å². The second kappa shape index (κ2) is 7.01. The van der Waals surface area contributed by atoms with E-state index in [2.05, 4.69) is 21.2 Å². The number of phenolic OH excluding ortho intramolecular Hbond substituents is 1. The lowest BCUT2D eigenvalue weighted by atomic mass is 10.1. The highest BCUT2D eigenvalue weighted by Crippen LogP contribution is 2.34. The van der Waals surface area contributed by atoms with Crippen LogP contribution < -0.4 is 15.0 Å². The molecule has 0 aromatic heterocycles. The molecular formula is C18H13BrN2O5. The van der Waals surface area contributed by atoms with E-state index in [9.17, 15) is 19.5 Å². The second-order valence-electron chi connectivity index (χ2n) is 5.34. The van der Waals surface area contributed by atoms with Crippen LogP contribution in [0, 0.1) is 0 Å². The van der Waals surface area contributed by atoms with E-state index in [0.717, 1.165) is 4.90 Å². The predicted molar refractivity (Wildman–Crippen MR) is 97.8 cm³/mol. The molecule has 1 fully saturated rings. The number of hydrogen-bond donors (Lipinski definition) is 2. The number of urea groups is 1. The molecule has 0 unspecified atom stereocenters. The Morgan fingerprint density at radius 1 is 1.15 bits per heavy atom. The Balaban J connectivity index is 2.06. The van der Waals surface area contributed by atoms with Gasteiger partial charge in [-0.15, -0.1) is 0 Å². The lowest BCUT2D eigenvalue weighted by molar-refractivity contribution is -0.122. The molecule has 0 spiro atoms. The average molecular weight is 417 g/mol. The lowest BCUT2D eigenvalue weighted by Crippen LogP contribution is -2.54. The van der Waals surface area contributed by atoms with Gasteiger partial charge in [0, 0.05) is 4.47 Å². The highest BCUT2D eigenvalue weighted by Gasteiger charge is 2.36. The molecule has 0 radical (unpaired) electrons. The van der Waals surface area contributed by atoms with Gasteiger partial charge in [0.05, 0.1) is 12.8 Å². The standard InChI is InChI=1S/C18H13BrN2O5/c1-26-15-8-10(13(19)9-14(15)22)7-12-16(23)20-18(25)21(17(12)24)11-5-3-2-4-6-11/h2-9,22H,1H3,(H,20,23,25). The van der Waals surface area contributed by atoms with Crippen molar-refractivity contribution in [1.29, 1.82) is 0 Å². The van der Waals surface area contributed by atoms with E-state index >= 15 is 0 Å². The molecule has 1 aliphatic rings. The number of barbiturate groups is 1. The van der Waals surface area contributed by atoms with Crippen LogP contribution in [0.1, 0.15) is 5.56 Å². The third-order valence-electron chi connectivity index (χ3n) is 3.71. The molecule has 1 saturated heterocycles. The number of carbonyl (C=O) groups is 3. The molecular weight excluding hydrogens is 404 g/mol. The van der Waals surface area contributed by atoms with E-state index in [1.165, 1.54) is 25.3 Å². The van der Waals surface area contributed by atoms with Crippen molar-refractivity contribution in [3.8, 4) is 11.5 Å². The zero-order chi connectivity index (χ0) is 18.8. The van der Waals surface area contributed by atoms with Gasteiger partial charge in [-0.2, -0.15) is 0 Å². The number of benzene rings is 2. The molecule has 4 amide bonds. The Morgan fingerprint density at radius 3 is 2.50 bits per heavy atom. The fraction of sp³-hybridized carbons (Fsp3) is 0.0556. The van der Waals surface area contributed by atoms with Crippen LogP contribution >= 0.6 is 15.9 Å². The Labute approximate surface area is 157 Å². The maximum atomic E-state index is 12.8. The van der Waals surface area contributed by atoms with Gasteiger partial charge in [0.1, 0.15) is 5.57 Å². The van der Waals surface area contributed by atoms with Crippen molar-refractivity contribution in [2.75, 3.05) is 12.0 Å². The normalized spacial score (nSPS) is 16.0. The van der Waals surface area contributed by atoms with Gasteiger partial charge < -0.3 is 9.84 Å². The van der Waals surface area contributed by atoms with Crippen molar-refractivity contribution in [1.82, 2.24) is 5.32 Å². The number of imide groups is 2. The van der Waals surface area contributed by atoms with Crippen LogP contribution in [-0.4, -0.2) is 30.1 Å². The number of methoxy groups -OCH3 is 1. The summed E-state index contributed by atoms with van der Waals surface area (Å²) >= 11 is 3.27. The molecule has 2 aromatic carbocycles. The molecule has 2 aromatic rings. The van der Waals surface area contributed by atoms with Gasteiger partial charge in [-0.25, -0.2) is 9.69 Å². The topological polar surface area (TPSA) is 95.9 Å². The summed E-state index contributed by atoms with van der Waals surface area (Å²) in [6, 6.07) is 10.3. The van der Waals surface area contributed by atoms with Crippen LogP contribution in [0.15, 0.2) is 52.5 Å². The smallest absolute Gasteiger partial charge is 0.335 e. The van der Waals surface area contributed by atoms with Crippen LogP contribution in [0.25, 0.3) is 6.08 Å². The molecule has 3 rings (SSSR count). The third-order valence-corrected chi connectivity index (χ3v) is 4.40. The average Bonchev–Trinajstić information content (AvgIpc) is 2.61. The number of carbonyl (C=O) groups excluding carboxylic acids is 3. The fourth-order valence-electron chi connectivity index (χ4n) is 2.46. The highest BCUT2D eigenvalue weighted by atomic mass is 79.9. The van der Waals surface area contributed by atoms with Crippen LogP contribution in [0.2, 0.25) is 0 Å². The summed E-state index contributed by atoms with van der Waals surface area (Å²) in [7, 11) is 1.38. The molecule has 1 heterocycles. The van der Waals surface area contributed by atoms with Crippen LogP contribution in [0.4, 0.5) is 10.5 Å². The minimum atomic E-state index is -0.814. The fourth-order valence-corrected chi connectivity index (χ4v) is 2.90. The summed E-state index contributed by atoms with van der Waals surface area (Å²) in [5, 5.41) is 11.9. The number of phenols is 1. The third kappa shape index (κ3) is 3.18. The van der Waals surface area contributed by atoms with Crippen molar-refractivity contribution in [3.63, 3.8) is 0 Å². The first-order chi connectivity index (χ1) is 12.4. The van der Waals surface area contributed by atoms with Gasteiger partial charge in [-0.1, -0.05) is 34.1 Å². The number of para-hydroxylation sites is 1. The van der Waals surface area contributed by atoms with Crippen molar-refractivity contribution in [2.24, 2.45) is 0 Å². The predicted octanol–water partition coefficient (Wildman–Crippen LogP) is 2.83.